The Hall–Kier alpha value is -1.00. The van der Waals surface area contributed by atoms with Gasteiger partial charge in [-0.2, -0.15) is 0 Å². The maximum Gasteiger partial charge on any atom is 0.159 e. The van der Waals surface area contributed by atoms with Crippen LogP contribution in [-0.2, 0) is 6.42 Å². The molecular weight excluding hydrogens is 210 g/mol. The van der Waals surface area contributed by atoms with Gasteiger partial charge in [-0.3, -0.25) is 0 Å². The average Bonchev–Trinajstić information content (AvgIpc) is 2.22. The highest BCUT2D eigenvalue weighted by atomic mass is 19.2. The van der Waals surface area contributed by atoms with Crippen molar-refractivity contribution in [2.75, 3.05) is 13.1 Å². The lowest BCUT2D eigenvalue weighted by atomic mass is 10.1. The van der Waals surface area contributed by atoms with E-state index in [1.807, 2.05) is 6.92 Å². The number of halogens is 2. The molecule has 4 heteroatoms. The zero-order valence-electron chi connectivity index (χ0n) is 9.47. The van der Waals surface area contributed by atoms with E-state index in [-0.39, 0.29) is 6.04 Å². The predicted octanol–water partition coefficient (Wildman–Crippen LogP) is 1.83. The Labute approximate surface area is 94.8 Å². The molecule has 0 aliphatic rings. The van der Waals surface area contributed by atoms with E-state index in [9.17, 15) is 8.78 Å². The molecule has 0 aliphatic carbocycles. The lowest BCUT2D eigenvalue weighted by molar-refractivity contribution is 0.506. The molecule has 1 unspecified atom stereocenters. The van der Waals surface area contributed by atoms with Crippen molar-refractivity contribution >= 4 is 0 Å². The molecule has 0 radical (unpaired) electrons. The highest BCUT2D eigenvalue weighted by molar-refractivity contribution is 5.17. The summed E-state index contributed by atoms with van der Waals surface area (Å²) in [6, 6.07) is 4.19. The van der Waals surface area contributed by atoms with Gasteiger partial charge in [0.2, 0.25) is 0 Å². The maximum absolute atomic E-state index is 12.8. The molecule has 0 bridgehead atoms. The Morgan fingerprint density at radius 3 is 2.62 bits per heavy atom. The number of hydrogen-bond donors (Lipinski definition) is 2. The van der Waals surface area contributed by atoms with Gasteiger partial charge in [-0.05, 0) is 50.6 Å². The molecule has 1 atom stereocenters. The van der Waals surface area contributed by atoms with Crippen molar-refractivity contribution in [2.45, 2.75) is 25.8 Å². The van der Waals surface area contributed by atoms with Crippen molar-refractivity contribution in [3.05, 3.63) is 35.4 Å². The SMILES string of the molecule is CC(N)CCNCCc1ccc(F)c(F)c1. The smallest absolute Gasteiger partial charge is 0.159 e. The van der Waals surface area contributed by atoms with Gasteiger partial charge in [0.05, 0.1) is 0 Å². The fraction of sp³-hybridized carbons (Fsp3) is 0.500. The minimum absolute atomic E-state index is 0.191. The number of nitrogens with two attached hydrogens (primary N) is 1. The second-order valence-electron chi connectivity index (χ2n) is 4.01. The number of rotatable bonds is 6. The first-order chi connectivity index (χ1) is 7.59. The first-order valence-electron chi connectivity index (χ1n) is 5.50. The molecule has 3 N–H and O–H groups in total. The van der Waals surface area contributed by atoms with Gasteiger partial charge in [-0.1, -0.05) is 6.07 Å². The first kappa shape index (κ1) is 13.1. The molecule has 0 aromatic heterocycles. The Morgan fingerprint density at radius 2 is 2.00 bits per heavy atom. The van der Waals surface area contributed by atoms with E-state index in [1.54, 1.807) is 6.07 Å². The minimum Gasteiger partial charge on any atom is -0.328 e. The van der Waals surface area contributed by atoms with Crippen molar-refractivity contribution in [3.63, 3.8) is 0 Å². The van der Waals surface area contributed by atoms with E-state index in [0.29, 0.717) is 6.42 Å². The second kappa shape index (κ2) is 6.55. The second-order valence-corrected chi connectivity index (χ2v) is 4.01. The van der Waals surface area contributed by atoms with Crippen LogP contribution >= 0.6 is 0 Å². The Morgan fingerprint density at radius 1 is 1.25 bits per heavy atom. The molecule has 16 heavy (non-hydrogen) atoms. The van der Waals surface area contributed by atoms with Gasteiger partial charge in [-0.25, -0.2) is 8.78 Å². The summed E-state index contributed by atoms with van der Waals surface area (Å²) in [5, 5.41) is 3.20. The molecule has 1 aromatic rings. The lowest BCUT2D eigenvalue weighted by Crippen LogP contribution is -2.25. The molecule has 0 saturated carbocycles. The topological polar surface area (TPSA) is 38.0 Å². The van der Waals surface area contributed by atoms with E-state index in [1.165, 1.54) is 6.07 Å². The fourth-order valence-electron chi connectivity index (χ4n) is 1.38. The third-order valence-corrected chi connectivity index (χ3v) is 2.35. The highest BCUT2D eigenvalue weighted by Crippen LogP contribution is 2.08. The number of nitrogens with one attached hydrogen (secondary N) is 1. The van der Waals surface area contributed by atoms with Crippen LogP contribution in [0.1, 0.15) is 18.9 Å². The van der Waals surface area contributed by atoms with E-state index in [4.69, 9.17) is 5.73 Å². The van der Waals surface area contributed by atoms with Crippen LogP contribution in [0.3, 0.4) is 0 Å². The van der Waals surface area contributed by atoms with Crippen LogP contribution in [0, 0.1) is 11.6 Å². The molecular formula is C12H18F2N2. The summed E-state index contributed by atoms with van der Waals surface area (Å²) in [6.07, 6.45) is 1.61. The molecule has 0 heterocycles. The Kier molecular flexibility index (Phi) is 5.35. The molecule has 0 aliphatic heterocycles. The molecule has 1 rings (SSSR count). The van der Waals surface area contributed by atoms with Gasteiger partial charge in [0.1, 0.15) is 0 Å². The minimum atomic E-state index is -0.798. The molecule has 90 valence electrons. The van der Waals surface area contributed by atoms with Gasteiger partial charge in [0.25, 0.3) is 0 Å². The van der Waals surface area contributed by atoms with Gasteiger partial charge in [0.15, 0.2) is 11.6 Å². The molecule has 0 saturated heterocycles. The van der Waals surface area contributed by atoms with Crippen molar-refractivity contribution in [2.24, 2.45) is 5.73 Å². The van der Waals surface area contributed by atoms with Crippen LogP contribution in [-0.4, -0.2) is 19.1 Å². The Balaban J connectivity index is 2.24. The standard InChI is InChI=1S/C12H18F2N2/c1-9(15)4-6-16-7-5-10-2-3-11(13)12(14)8-10/h2-3,8-9,16H,4-7,15H2,1H3. The lowest BCUT2D eigenvalue weighted by Gasteiger charge is -2.07. The van der Waals surface area contributed by atoms with E-state index < -0.39 is 11.6 Å². The zero-order valence-corrected chi connectivity index (χ0v) is 9.47. The van der Waals surface area contributed by atoms with Gasteiger partial charge >= 0.3 is 0 Å². The zero-order chi connectivity index (χ0) is 12.0. The monoisotopic (exact) mass is 228 g/mol. The summed E-state index contributed by atoms with van der Waals surface area (Å²) in [7, 11) is 0. The van der Waals surface area contributed by atoms with E-state index >= 15 is 0 Å². The van der Waals surface area contributed by atoms with Crippen molar-refractivity contribution < 1.29 is 8.78 Å². The van der Waals surface area contributed by atoms with Gasteiger partial charge in [0, 0.05) is 6.04 Å². The van der Waals surface area contributed by atoms with Crippen LogP contribution in [0.15, 0.2) is 18.2 Å². The van der Waals surface area contributed by atoms with Gasteiger partial charge in [-0.15, -0.1) is 0 Å². The summed E-state index contributed by atoms with van der Waals surface area (Å²) in [5.41, 5.74) is 6.39. The van der Waals surface area contributed by atoms with Crippen molar-refractivity contribution in [1.29, 1.82) is 0 Å². The largest absolute Gasteiger partial charge is 0.328 e. The van der Waals surface area contributed by atoms with Crippen molar-refractivity contribution in [1.82, 2.24) is 5.32 Å². The van der Waals surface area contributed by atoms with E-state index in [0.717, 1.165) is 31.1 Å². The summed E-state index contributed by atoms with van der Waals surface area (Å²) in [6.45, 7) is 3.55. The number of benzene rings is 1. The van der Waals surface area contributed by atoms with Crippen LogP contribution in [0.4, 0.5) is 8.78 Å². The van der Waals surface area contributed by atoms with Crippen LogP contribution < -0.4 is 11.1 Å². The van der Waals surface area contributed by atoms with E-state index in [2.05, 4.69) is 5.32 Å². The molecule has 0 fully saturated rings. The summed E-state index contributed by atoms with van der Waals surface area (Å²) in [4.78, 5) is 0. The molecule has 2 nitrogen and oxygen atoms in total. The van der Waals surface area contributed by atoms with Crippen LogP contribution in [0.25, 0.3) is 0 Å². The molecule has 0 spiro atoms. The molecule has 0 amide bonds. The van der Waals surface area contributed by atoms with Crippen LogP contribution in [0.2, 0.25) is 0 Å². The third kappa shape index (κ3) is 4.68. The van der Waals surface area contributed by atoms with Crippen molar-refractivity contribution in [3.8, 4) is 0 Å². The molecule has 1 aromatic carbocycles. The summed E-state index contributed by atoms with van der Waals surface area (Å²) < 4.78 is 25.5. The summed E-state index contributed by atoms with van der Waals surface area (Å²) in [5.74, 6) is -1.58. The first-order valence-corrected chi connectivity index (χ1v) is 5.50. The number of hydrogen-bond acceptors (Lipinski definition) is 2. The average molecular weight is 228 g/mol. The Bertz CT molecular complexity index is 327. The predicted molar refractivity (Wildman–Crippen MR) is 61.2 cm³/mol. The maximum atomic E-state index is 12.8. The third-order valence-electron chi connectivity index (χ3n) is 2.35. The fourth-order valence-corrected chi connectivity index (χ4v) is 1.38. The summed E-state index contributed by atoms with van der Waals surface area (Å²) >= 11 is 0. The highest BCUT2D eigenvalue weighted by Gasteiger charge is 2.02. The normalized spacial score (nSPS) is 12.8. The van der Waals surface area contributed by atoms with Crippen LogP contribution in [0.5, 0.6) is 0 Å². The quantitative estimate of drug-likeness (QED) is 0.729. The van der Waals surface area contributed by atoms with Gasteiger partial charge < -0.3 is 11.1 Å².